The normalized spacial score (nSPS) is 10.7. The highest BCUT2D eigenvalue weighted by Crippen LogP contribution is 2.22. The van der Waals surface area contributed by atoms with Gasteiger partial charge in [-0.15, -0.1) is 0 Å². The van der Waals surface area contributed by atoms with Crippen LogP contribution in [0.25, 0.3) is 0 Å². The molecule has 0 bridgehead atoms. The van der Waals surface area contributed by atoms with Crippen molar-refractivity contribution in [3.63, 3.8) is 0 Å². The summed E-state index contributed by atoms with van der Waals surface area (Å²) >= 11 is 0. The van der Waals surface area contributed by atoms with Crippen LogP contribution in [0.3, 0.4) is 0 Å². The van der Waals surface area contributed by atoms with E-state index in [0.717, 1.165) is 11.3 Å². The fourth-order valence-corrected chi connectivity index (χ4v) is 1.19. The minimum absolute atomic E-state index is 0.246. The van der Waals surface area contributed by atoms with Crippen LogP contribution in [-0.4, -0.2) is 5.91 Å². The van der Waals surface area contributed by atoms with E-state index in [4.69, 9.17) is 10.2 Å². The van der Waals surface area contributed by atoms with Crippen LogP contribution in [0.5, 0.6) is 0 Å². The van der Waals surface area contributed by atoms with Crippen molar-refractivity contribution in [3.8, 4) is 0 Å². The summed E-state index contributed by atoms with van der Waals surface area (Å²) < 4.78 is 5.16. The SMILES string of the molecule is Cc1oc(C(N)=O)cc1C(C)C. The largest absolute Gasteiger partial charge is 0.456 e. The molecule has 0 atom stereocenters. The van der Waals surface area contributed by atoms with Crippen molar-refractivity contribution in [2.45, 2.75) is 26.7 Å². The van der Waals surface area contributed by atoms with E-state index < -0.39 is 5.91 Å². The quantitative estimate of drug-likeness (QED) is 0.730. The van der Waals surface area contributed by atoms with Crippen molar-refractivity contribution in [2.75, 3.05) is 0 Å². The summed E-state index contributed by atoms with van der Waals surface area (Å²) in [5.74, 6) is 0.877. The Morgan fingerprint density at radius 2 is 2.17 bits per heavy atom. The molecule has 1 aromatic heterocycles. The van der Waals surface area contributed by atoms with Crippen molar-refractivity contribution in [1.29, 1.82) is 0 Å². The molecule has 0 saturated carbocycles. The fraction of sp³-hybridized carbons (Fsp3) is 0.444. The average molecular weight is 167 g/mol. The minimum Gasteiger partial charge on any atom is -0.456 e. The van der Waals surface area contributed by atoms with Crippen LogP contribution < -0.4 is 5.73 Å². The van der Waals surface area contributed by atoms with Crippen LogP contribution in [0, 0.1) is 6.92 Å². The Hall–Kier alpha value is -1.25. The molecular weight excluding hydrogens is 154 g/mol. The zero-order valence-corrected chi connectivity index (χ0v) is 7.55. The van der Waals surface area contributed by atoms with Crippen LogP contribution in [-0.2, 0) is 0 Å². The molecule has 1 aromatic rings. The van der Waals surface area contributed by atoms with Crippen LogP contribution in [0.2, 0.25) is 0 Å². The van der Waals surface area contributed by atoms with E-state index in [1.54, 1.807) is 6.07 Å². The van der Waals surface area contributed by atoms with Crippen molar-refractivity contribution < 1.29 is 9.21 Å². The Morgan fingerprint density at radius 1 is 1.58 bits per heavy atom. The van der Waals surface area contributed by atoms with E-state index in [9.17, 15) is 4.79 Å². The van der Waals surface area contributed by atoms with Gasteiger partial charge >= 0.3 is 0 Å². The number of furan rings is 1. The van der Waals surface area contributed by atoms with E-state index in [2.05, 4.69) is 0 Å². The number of nitrogens with two attached hydrogens (primary N) is 1. The monoisotopic (exact) mass is 167 g/mol. The third-order valence-electron chi connectivity index (χ3n) is 1.82. The van der Waals surface area contributed by atoms with Gasteiger partial charge in [0.05, 0.1) is 0 Å². The number of carbonyl (C=O) groups excluding carboxylic acids is 1. The maximum atomic E-state index is 10.7. The van der Waals surface area contributed by atoms with Crippen LogP contribution in [0.1, 0.15) is 41.6 Å². The molecule has 0 radical (unpaired) electrons. The molecule has 3 nitrogen and oxygen atoms in total. The molecule has 1 rings (SSSR count). The summed E-state index contributed by atoms with van der Waals surface area (Å²) in [5.41, 5.74) is 6.11. The molecule has 0 aromatic carbocycles. The molecule has 12 heavy (non-hydrogen) atoms. The number of hydrogen-bond acceptors (Lipinski definition) is 2. The van der Waals surface area contributed by atoms with Gasteiger partial charge < -0.3 is 10.2 Å². The molecule has 0 aliphatic carbocycles. The Morgan fingerprint density at radius 3 is 2.42 bits per heavy atom. The maximum Gasteiger partial charge on any atom is 0.284 e. The number of hydrogen-bond donors (Lipinski definition) is 1. The second kappa shape index (κ2) is 3.01. The zero-order chi connectivity index (χ0) is 9.30. The van der Waals surface area contributed by atoms with Gasteiger partial charge in [0.1, 0.15) is 5.76 Å². The van der Waals surface area contributed by atoms with Crippen molar-refractivity contribution in [1.82, 2.24) is 0 Å². The molecule has 3 heteroatoms. The summed E-state index contributed by atoms with van der Waals surface area (Å²) in [4.78, 5) is 10.7. The van der Waals surface area contributed by atoms with Crippen molar-refractivity contribution in [3.05, 3.63) is 23.2 Å². The van der Waals surface area contributed by atoms with Gasteiger partial charge in [0.2, 0.25) is 0 Å². The molecule has 0 unspecified atom stereocenters. The average Bonchev–Trinajstić information content (AvgIpc) is 2.30. The Balaban J connectivity index is 3.09. The second-order valence-electron chi connectivity index (χ2n) is 3.14. The Bertz CT molecular complexity index is 299. The van der Waals surface area contributed by atoms with E-state index >= 15 is 0 Å². The lowest BCUT2D eigenvalue weighted by Crippen LogP contribution is -2.09. The lowest BCUT2D eigenvalue weighted by molar-refractivity contribution is 0.0972. The number of aryl methyl sites for hydroxylation is 1. The molecular formula is C9H13NO2. The number of amides is 1. The van der Waals surface area contributed by atoms with E-state index in [1.165, 1.54) is 0 Å². The van der Waals surface area contributed by atoms with E-state index in [1.807, 2.05) is 20.8 Å². The standard InChI is InChI=1S/C9H13NO2/c1-5(2)7-4-8(9(10)11)12-6(7)3/h4-5H,1-3H3,(H2,10,11). The summed E-state index contributed by atoms with van der Waals surface area (Å²) in [6.07, 6.45) is 0. The second-order valence-corrected chi connectivity index (χ2v) is 3.14. The summed E-state index contributed by atoms with van der Waals surface area (Å²) in [6, 6.07) is 1.71. The first-order chi connectivity index (χ1) is 5.52. The van der Waals surface area contributed by atoms with Crippen molar-refractivity contribution >= 4 is 5.91 Å². The van der Waals surface area contributed by atoms with E-state index in [-0.39, 0.29) is 5.76 Å². The van der Waals surface area contributed by atoms with Gasteiger partial charge in [-0.05, 0) is 24.5 Å². The molecule has 0 aliphatic heterocycles. The summed E-state index contributed by atoms with van der Waals surface area (Å²) in [7, 11) is 0. The van der Waals surface area contributed by atoms with Crippen LogP contribution in [0.15, 0.2) is 10.5 Å². The molecule has 1 heterocycles. The highest BCUT2D eigenvalue weighted by molar-refractivity contribution is 5.90. The molecule has 0 fully saturated rings. The van der Waals surface area contributed by atoms with Gasteiger partial charge in [0.15, 0.2) is 5.76 Å². The van der Waals surface area contributed by atoms with E-state index in [0.29, 0.717) is 5.92 Å². The first-order valence-corrected chi connectivity index (χ1v) is 3.92. The fourth-order valence-electron chi connectivity index (χ4n) is 1.19. The third kappa shape index (κ3) is 1.49. The summed E-state index contributed by atoms with van der Waals surface area (Å²) in [5, 5.41) is 0. The topological polar surface area (TPSA) is 56.2 Å². The van der Waals surface area contributed by atoms with Gasteiger partial charge in [-0.25, -0.2) is 0 Å². The maximum absolute atomic E-state index is 10.7. The molecule has 1 amide bonds. The van der Waals surface area contributed by atoms with Gasteiger partial charge in [0.25, 0.3) is 5.91 Å². The zero-order valence-electron chi connectivity index (χ0n) is 7.55. The van der Waals surface area contributed by atoms with Crippen LogP contribution in [0.4, 0.5) is 0 Å². The van der Waals surface area contributed by atoms with Gasteiger partial charge in [0, 0.05) is 0 Å². The predicted octanol–water partition coefficient (Wildman–Crippen LogP) is 1.81. The lowest BCUT2D eigenvalue weighted by atomic mass is 10.0. The highest BCUT2D eigenvalue weighted by Gasteiger charge is 2.13. The molecule has 2 N–H and O–H groups in total. The molecule has 66 valence electrons. The summed E-state index contributed by atoms with van der Waals surface area (Å²) in [6.45, 7) is 5.92. The highest BCUT2D eigenvalue weighted by atomic mass is 16.3. The number of rotatable bonds is 2. The number of carbonyl (C=O) groups is 1. The number of primary amides is 1. The minimum atomic E-state index is -0.509. The van der Waals surface area contributed by atoms with Crippen molar-refractivity contribution in [2.24, 2.45) is 5.73 Å². The molecule has 0 aliphatic rings. The lowest BCUT2D eigenvalue weighted by Gasteiger charge is -1.99. The first kappa shape index (κ1) is 8.84. The van der Waals surface area contributed by atoms with Crippen LogP contribution >= 0.6 is 0 Å². The smallest absolute Gasteiger partial charge is 0.284 e. The van der Waals surface area contributed by atoms with Gasteiger partial charge in [-0.3, -0.25) is 4.79 Å². The predicted molar refractivity (Wildman–Crippen MR) is 46.1 cm³/mol. The van der Waals surface area contributed by atoms with Gasteiger partial charge in [-0.2, -0.15) is 0 Å². The molecule has 0 spiro atoms. The molecule has 0 saturated heterocycles. The Labute approximate surface area is 71.6 Å². The Kier molecular flexibility index (Phi) is 2.22. The third-order valence-corrected chi connectivity index (χ3v) is 1.82. The first-order valence-electron chi connectivity index (χ1n) is 3.92. The van der Waals surface area contributed by atoms with Gasteiger partial charge in [-0.1, -0.05) is 13.8 Å².